The maximum atomic E-state index is 11.7. The number of imide groups is 1. The molecule has 18 heavy (non-hydrogen) atoms. The fourth-order valence-corrected chi connectivity index (χ4v) is 2.07. The highest BCUT2D eigenvalue weighted by Gasteiger charge is 2.23. The van der Waals surface area contributed by atoms with Crippen molar-refractivity contribution >= 4 is 11.8 Å². The van der Waals surface area contributed by atoms with Crippen LogP contribution in [0.3, 0.4) is 0 Å². The van der Waals surface area contributed by atoms with Crippen molar-refractivity contribution in [2.75, 3.05) is 0 Å². The monoisotopic (exact) mass is 242 g/mol. The molecule has 3 rings (SSSR count). The molecule has 0 fully saturated rings. The third kappa shape index (κ3) is 1.60. The first kappa shape index (κ1) is 10.7. The normalized spacial score (nSPS) is 14.3. The molecule has 0 aliphatic carbocycles. The van der Waals surface area contributed by atoms with Gasteiger partial charge >= 0.3 is 0 Å². The Kier molecular flexibility index (Phi) is 2.26. The zero-order valence-electron chi connectivity index (χ0n) is 9.69. The van der Waals surface area contributed by atoms with Crippen LogP contribution in [0.2, 0.25) is 0 Å². The van der Waals surface area contributed by atoms with Gasteiger partial charge in [-0.15, -0.1) is 0 Å². The second-order valence-corrected chi connectivity index (χ2v) is 4.19. The average molecular weight is 242 g/mol. The minimum atomic E-state index is -0.361. The van der Waals surface area contributed by atoms with E-state index in [-0.39, 0.29) is 18.2 Å². The number of fused-ring (bicyclic) bond motifs is 1. The van der Waals surface area contributed by atoms with Gasteiger partial charge in [-0.25, -0.2) is 4.98 Å². The molecule has 2 heterocycles. The lowest BCUT2D eigenvalue weighted by Crippen LogP contribution is -2.37. The van der Waals surface area contributed by atoms with Crippen molar-refractivity contribution in [3.05, 3.63) is 41.4 Å². The molecule has 0 radical (unpaired) electrons. The highest BCUT2D eigenvalue weighted by molar-refractivity contribution is 6.10. The van der Waals surface area contributed by atoms with Crippen LogP contribution in [0.15, 0.2) is 29.0 Å². The molecular weight excluding hydrogens is 232 g/mol. The van der Waals surface area contributed by atoms with Gasteiger partial charge in [-0.3, -0.25) is 14.9 Å². The van der Waals surface area contributed by atoms with Gasteiger partial charge in [-0.2, -0.15) is 0 Å². The molecular formula is C13H10N2O3. The summed E-state index contributed by atoms with van der Waals surface area (Å²) in [4.78, 5) is 27.0. The number of carbonyl (C=O) groups is 2. The van der Waals surface area contributed by atoms with Gasteiger partial charge < -0.3 is 4.42 Å². The van der Waals surface area contributed by atoms with Crippen molar-refractivity contribution in [1.29, 1.82) is 0 Å². The first-order valence-corrected chi connectivity index (χ1v) is 5.53. The number of amides is 2. The number of aromatic nitrogens is 1. The highest BCUT2D eigenvalue weighted by atomic mass is 16.3. The first-order chi connectivity index (χ1) is 8.65. The molecule has 1 aromatic carbocycles. The summed E-state index contributed by atoms with van der Waals surface area (Å²) in [6, 6.07) is 5.34. The van der Waals surface area contributed by atoms with E-state index in [9.17, 15) is 9.59 Å². The number of oxazole rings is 1. The van der Waals surface area contributed by atoms with Crippen molar-refractivity contribution < 1.29 is 14.0 Å². The number of rotatable bonds is 1. The maximum Gasteiger partial charge on any atom is 0.258 e. The van der Waals surface area contributed by atoms with E-state index in [1.807, 2.05) is 13.0 Å². The maximum absolute atomic E-state index is 11.7. The predicted molar refractivity (Wildman–Crippen MR) is 62.9 cm³/mol. The molecule has 2 aromatic rings. The van der Waals surface area contributed by atoms with Crippen molar-refractivity contribution in [3.63, 3.8) is 0 Å². The number of hydrogen-bond donors (Lipinski definition) is 1. The summed E-state index contributed by atoms with van der Waals surface area (Å²) in [5, 5.41) is 2.30. The predicted octanol–water partition coefficient (Wildman–Crippen LogP) is 1.46. The first-order valence-electron chi connectivity index (χ1n) is 5.53. The summed E-state index contributed by atoms with van der Waals surface area (Å²) in [6.45, 7) is 1.84. The summed E-state index contributed by atoms with van der Waals surface area (Å²) >= 11 is 0. The molecule has 1 aromatic heterocycles. The molecule has 1 N–H and O–H groups in total. The van der Waals surface area contributed by atoms with E-state index in [2.05, 4.69) is 10.3 Å². The van der Waals surface area contributed by atoms with Crippen LogP contribution in [0.1, 0.15) is 21.6 Å². The summed E-state index contributed by atoms with van der Waals surface area (Å²) in [5.74, 6) is 0.0128. The fraction of sp³-hybridized carbons (Fsp3) is 0.154. The number of nitrogens with zero attached hydrogens (tertiary/aromatic N) is 1. The molecule has 0 atom stereocenters. The van der Waals surface area contributed by atoms with E-state index in [0.29, 0.717) is 11.3 Å². The quantitative estimate of drug-likeness (QED) is 0.768. The lowest BCUT2D eigenvalue weighted by molar-refractivity contribution is -0.119. The second-order valence-electron chi connectivity index (χ2n) is 4.19. The molecule has 90 valence electrons. The van der Waals surface area contributed by atoms with Crippen LogP contribution in [-0.2, 0) is 11.2 Å². The van der Waals surface area contributed by atoms with E-state index < -0.39 is 0 Å². The SMILES string of the molecule is Cc1ncoc1-c1ccc2c(c1)C(=O)NC(=O)C2. The molecule has 1 aliphatic heterocycles. The minimum Gasteiger partial charge on any atom is -0.443 e. The third-order valence-electron chi connectivity index (χ3n) is 2.97. The van der Waals surface area contributed by atoms with Crippen molar-refractivity contribution in [1.82, 2.24) is 10.3 Å². The largest absolute Gasteiger partial charge is 0.443 e. The summed E-state index contributed by atoms with van der Waals surface area (Å²) in [5.41, 5.74) is 2.81. The van der Waals surface area contributed by atoms with E-state index >= 15 is 0 Å². The Hall–Kier alpha value is -2.43. The van der Waals surface area contributed by atoms with E-state index in [0.717, 1.165) is 16.8 Å². The molecule has 2 amide bonds. The molecule has 1 aliphatic rings. The number of benzene rings is 1. The Bertz CT molecular complexity index is 658. The van der Waals surface area contributed by atoms with Crippen LogP contribution in [0.4, 0.5) is 0 Å². The van der Waals surface area contributed by atoms with Crippen LogP contribution in [0.25, 0.3) is 11.3 Å². The fourth-order valence-electron chi connectivity index (χ4n) is 2.07. The Morgan fingerprint density at radius 2 is 2.17 bits per heavy atom. The second kappa shape index (κ2) is 3.80. The number of hydrogen-bond acceptors (Lipinski definition) is 4. The van der Waals surface area contributed by atoms with Gasteiger partial charge in [0, 0.05) is 11.1 Å². The molecule has 5 nitrogen and oxygen atoms in total. The molecule has 0 saturated heterocycles. The van der Waals surface area contributed by atoms with Crippen LogP contribution < -0.4 is 5.32 Å². The smallest absolute Gasteiger partial charge is 0.258 e. The minimum absolute atomic E-state index is 0.233. The third-order valence-corrected chi connectivity index (χ3v) is 2.97. The lowest BCUT2D eigenvalue weighted by atomic mass is 9.96. The Labute approximate surface area is 103 Å². The topological polar surface area (TPSA) is 72.2 Å². The van der Waals surface area contributed by atoms with E-state index in [1.165, 1.54) is 6.39 Å². The van der Waals surface area contributed by atoms with E-state index in [4.69, 9.17) is 4.42 Å². The highest BCUT2D eigenvalue weighted by Crippen LogP contribution is 2.26. The van der Waals surface area contributed by atoms with Gasteiger partial charge in [0.05, 0.1) is 12.1 Å². The summed E-state index contributed by atoms with van der Waals surface area (Å²) in [7, 11) is 0. The zero-order valence-corrected chi connectivity index (χ0v) is 9.69. The molecule has 0 bridgehead atoms. The van der Waals surface area contributed by atoms with Gasteiger partial charge in [0.2, 0.25) is 5.91 Å². The number of aryl methyl sites for hydroxylation is 1. The zero-order chi connectivity index (χ0) is 12.7. The van der Waals surface area contributed by atoms with Crippen molar-refractivity contribution in [2.24, 2.45) is 0 Å². The number of nitrogens with one attached hydrogen (secondary N) is 1. The standard InChI is InChI=1S/C13H10N2O3/c1-7-12(18-6-14-7)9-3-2-8-5-11(16)15-13(17)10(8)4-9/h2-4,6H,5H2,1H3,(H,15,16,17). The summed E-state index contributed by atoms with van der Waals surface area (Å²) in [6.07, 6.45) is 1.60. The van der Waals surface area contributed by atoms with Gasteiger partial charge in [-0.05, 0) is 18.6 Å². The van der Waals surface area contributed by atoms with Crippen LogP contribution in [0.5, 0.6) is 0 Å². The lowest BCUT2D eigenvalue weighted by Gasteiger charge is -2.15. The average Bonchev–Trinajstić information content (AvgIpc) is 2.75. The Morgan fingerprint density at radius 1 is 1.33 bits per heavy atom. The van der Waals surface area contributed by atoms with Gasteiger partial charge in [-0.1, -0.05) is 12.1 Å². The molecule has 0 saturated carbocycles. The Morgan fingerprint density at radius 3 is 2.89 bits per heavy atom. The van der Waals surface area contributed by atoms with Crippen molar-refractivity contribution in [2.45, 2.75) is 13.3 Å². The molecule has 0 spiro atoms. The van der Waals surface area contributed by atoms with Crippen LogP contribution >= 0.6 is 0 Å². The van der Waals surface area contributed by atoms with Crippen molar-refractivity contribution in [3.8, 4) is 11.3 Å². The molecule has 5 heteroatoms. The summed E-state index contributed by atoms with van der Waals surface area (Å²) < 4.78 is 5.29. The van der Waals surface area contributed by atoms with Gasteiger partial charge in [0.25, 0.3) is 5.91 Å². The van der Waals surface area contributed by atoms with Crippen LogP contribution in [0, 0.1) is 6.92 Å². The van der Waals surface area contributed by atoms with Gasteiger partial charge in [0.1, 0.15) is 0 Å². The molecule has 0 unspecified atom stereocenters. The van der Waals surface area contributed by atoms with Crippen LogP contribution in [-0.4, -0.2) is 16.8 Å². The van der Waals surface area contributed by atoms with Gasteiger partial charge in [0.15, 0.2) is 12.2 Å². The Balaban J connectivity index is 2.12. The van der Waals surface area contributed by atoms with E-state index in [1.54, 1.807) is 12.1 Å². The number of carbonyl (C=O) groups excluding carboxylic acids is 2.